The predicted molar refractivity (Wildman–Crippen MR) is 50.3 cm³/mol. The second kappa shape index (κ2) is 3.54. The lowest BCUT2D eigenvalue weighted by Crippen LogP contribution is -2.37. The fourth-order valence-corrected chi connectivity index (χ4v) is 2.07. The zero-order valence-electron chi connectivity index (χ0n) is 7.83. The average molecular weight is 183 g/mol. The van der Waals surface area contributed by atoms with Crippen molar-refractivity contribution >= 4 is 6.03 Å². The largest absolute Gasteiger partial charge is 0.333 e. The van der Waals surface area contributed by atoms with Crippen molar-refractivity contribution in [2.45, 2.75) is 25.3 Å². The number of hydrogen-bond donors (Lipinski definition) is 2. The third-order valence-corrected chi connectivity index (χ3v) is 3.13. The van der Waals surface area contributed by atoms with E-state index >= 15 is 0 Å². The van der Waals surface area contributed by atoms with Gasteiger partial charge in [-0.2, -0.15) is 0 Å². The summed E-state index contributed by atoms with van der Waals surface area (Å²) >= 11 is 0. The summed E-state index contributed by atoms with van der Waals surface area (Å²) in [5.74, 6) is 0.728. The molecule has 13 heavy (non-hydrogen) atoms. The van der Waals surface area contributed by atoms with Crippen LogP contribution in [0, 0.1) is 5.92 Å². The van der Waals surface area contributed by atoms with Crippen molar-refractivity contribution in [3.05, 3.63) is 0 Å². The molecule has 1 saturated heterocycles. The zero-order chi connectivity index (χ0) is 9.26. The summed E-state index contributed by atoms with van der Waals surface area (Å²) in [7, 11) is 0. The minimum Gasteiger partial charge on any atom is -0.333 e. The van der Waals surface area contributed by atoms with Gasteiger partial charge in [-0.1, -0.05) is 6.42 Å². The molecule has 0 radical (unpaired) electrons. The molecule has 1 heterocycles. The molecule has 2 amide bonds. The van der Waals surface area contributed by atoms with E-state index in [0.29, 0.717) is 19.1 Å². The highest BCUT2D eigenvalue weighted by Crippen LogP contribution is 2.31. The molecule has 4 heteroatoms. The Hall–Kier alpha value is -0.770. The van der Waals surface area contributed by atoms with Crippen molar-refractivity contribution in [1.29, 1.82) is 0 Å². The van der Waals surface area contributed by atoms with Crippen LogP contribution < -0.4 is 11.1 Å². The summed E-state index contributed by atoms with van der Waals surface area (Å²) in [6.07, 6.45) is 3.89. The Kier molecular flexibility index (Phi) is 2.40. The molecular weight excluding hydrogens is 166 g/mol. The molecule has 1 unspecified atom stereocenters. The van der Waals surface area contributed by atoms with Gasteiger partial charge in [0.05, 0.1) is 6.04 Å². The van der Waals surface area contributed by atoms with Crippen molar-refractivity contribution < 1.29 is 4.79 Å². The number of hydrogen-bond acceptors (Lipinski definition) is 2. The molecule has 2 rings (SSSR count). The molecular formula is C9H17N3O. The van der Waals surface area contributed by atoms with Crippen LogP contribution in [0.4, 0.5) is 4.79 Å². The van der Waals surface area contributed by atoms with Crippen LogP contribution in [0.5, 0.6) is 0 Å². The monoisotopic (exact) mass is 183 g/mol. The molecule has 2 fully saturated rings. The number of amides is 2. The van der Waals surface area contributed by atoms with Crippen LogP contribution in [-0.2, 0) is 0 Å². The number of carbonyl (C=O) groups is 1. The second-order valence-corrected chi connectivity index (χ2v) is 3.98. The van der Waals surface area contributed by atoms with Crippen molar-refractivity contribution in [1.82, 2.24) is 10.2 Å². The third-order valence-electron chi connectivity index (χ3n) is 3.13. The Labute approximate surface area is 78.5 Å². The third kappa shape index (κ3) is 1.63. The van der Waals surface area contributed by atoms with Gasteiger partial charge in [0, 0.05) is 19.6 Å². The first-order valence-corrected chi connectivity index (χ1v) is 5.07. The minimum absolute atomic E-state index is 0.0716. The van der Waals surface area contributed by atoms with Crippen LogP contribution in [0.1, 0.15) is 19.3 Å². The highest BCUT2D eigenvalue weighted by atomic mass is 16.2. The van der Waals surface area contributed by atoms with Crippen LogP contribution in [0.25, 0.3) is 0 Å². The SMILES string of the molecule is NCCN1CC(C2CCC2)NC1=O. The van der Waals surface area contributed by atoms with Crippen LogP contribution in [0.3, 0.4) is 0 Å². The van der Waals surface area contributed by atoms with Crippen LogP contribution in [-0.4, -0.2) is 36.6 Å². The van der Waals surface area contributed by atoms with E-state index in [0.717, 1.165) is 12.5 Å². The Morgan fingerprint density at radius 3 is 2.85 bits per heavy atom. The molecule has 3 N–H and O–H groups in total. The number of nitrogens with zero attached hydrogens (tertiary/aromatic N) is 1. The van der Waals surface area contributed by atoms with Gasteiger partial charge < -0.3 is 16.0 Å². The number of nitrogens with one attached hydrogen (secondary N) is 1. The van der Waals surface area contributed by atoms with E-state index in [1.54, 1.807) is 0 Å². The van der Waals surface area contributed by atoms with E-state index in [9.17, 15) is 4.79 Å². The van der Waals surface area contributed by atoms with Crippen molar-refractivity contribution in [2.75, 3.05) is 19.6 Å². The summed E-state index contributed by atoms with van der Waals surface area (Å²) in [6.45, 7) is 2.11. The van der Waals surface area contributed by atoms with Gasteiger partial charge in [-0.15, -0.1) is 0 Å². The van der Waals surface area contributed by atoms with Gasteiger partial charge in [-0.05, 0) is 18.8 Å². The lowest BCUT2D eigenvalue weighted by molar-refractivity contribution is 0.218. The zero-order valence-corrected chi connectivity index (χ0v) is 7.83. The molecule has 4 nitrogen and oxygen atoms in total. The van der Waals surface area contributed by atoms with Crippen molar-refractivity contribution in [3.8, 4) is 0 Å². The van der Waals surface area contributed by atoms with E-state index < -0.39 is 0 Å². The quantitative estimate of drug-likeness (QED) is 0.654. The summed E-state index contributed by atoms with van der Waals surface area (Å²) in [4.78, 5) is 13.2. The average Bonchev–Trinajstić information content (AvgIpc) is 2.30. The summed E-state index contributed by atoms with van der Waals surface area (Å²) in [5.41, 5.74) is 5.42. The summed E-state index contributed by atoms with van der Waals surface area (Å²) in [5, 5.41) is 3.02. The molecule has 0 aromatic rings. The number of urea groups is 1. The van der Waals surface area contributed by atoms with Gasteiger partial charge in [0.25, 0.3) is 0 Å². The van der Waals surface area contributed by atoms with E-state index in [-0.39, 0.29) is 6.03 Å². The molecule has 1 aliphatic heterocycles. The molecule has 0 aromatic heterocycles. The van der Waals surface area contributed by atoms with Crippen molar-refractivity contribution in [3.63, 3.8) is 0 Å². The lowest BCUT2D eigenvalue weighted by atomic mass is 9.80. The Morgan fingerprint density at radius 2 is 2.31 bits per heavy atom. The molecule has 0 bridgehead atoms. The van der Waals surface area contributed by atoms with Crippen LogP contribution in [0.2, 0.25) is 0 Å². The molecule has 1 aliphatic carbocycles. The number of carbonyl (C=O) groups excluding carboxylic acids is 1. The van der Waals surface area contributed by atoms with E-state index in [2.05, 4.69) is 5.32 Å². The minimum atomic E-state index is 0.0716. The topological polar surface area (TPSA) is 58.4 Å². The van der Waals surface area contributed by atoms with Crippen LogP contribution in [0.15, 0.2) is 0 Å². The van der Waals surface area contributed by atoms with Gasteiger partial charge in [-0.3, -0.25) is 0 Å². The van der Waals surface area contributed by atoms with E-state index in [1.165, 1.54) is 19.3 Å². The highest BCUT2D eigenvalue weighted by Gasteiger charge is 2.35. The molecule has 2 aliphatic rings. The maximum Gasteiger partial charge on any atom is 0.317 e. The van der Waals surface area contributed by atoms with Gasteiger partial charge in [-0.25, -0.2) is 4.79 Å². The smallest absolute Gasteiger partial charge is 0.317 e. The number of rotatable bonds is 3. The lowest BCUT2D eigenvalue weighted by Gasteiger charge is -2.30. The Morgan fingerprint density at radius 1 is 1.54 bits per heavy atom. The number of nitrogens with two attached hydrogens (primary N) is 1. The first kappa shape index (κ1) is 8.81. The Balaban J connectivity index is 1.86. The first-order valence-electron chi connectivity index (χ1n) is 5.07. The summed E-state index contributed by atoms with van der Waals surface area (Å²) < 4.78 is 0. The normalized spacial score (nSPS) is 28.8. The first-order chi connectivity index (χ1) is 6.31. The second-order valence-electron chi connectivity index (χ2n) is 3.98. The molecule has 1 saturated carbocycles. The molecule has 0 spiro atoms. The van der Waals surface area contributed by atoms with Gasteiger partial charge in [0.15, 0.2) is 0 Å². The van der Waals surface area contributed by atoms with E-state index in [1.807, 2.05) is 4.90 Å². The summed E-state index contributed by atoms with van der Waals surface area (Å²) in [6, 6.07) is 0.468. The van der Waals surface area contributed by atoms with Gasteiger partial charge in [0.1, 0.15) is 0 Å². The predicted octanol–water partition coefficient (Wildman–Crippen LogP) is 0.139. The van der Waals surface area contributed by atoms with Crippen LogP contribution >= 0.6 is 0 Å². The molecule has 1 atom stereocenters. The standard InChI is InChI=1S/C9H17N3O/c10-4-5-12-6-8(11-9(12)13)7-2-1-3-7/h7-8H,1-6,10H2,(H,11,13). The van der Waals surface area contributed by atoms with E-state index in [4.69, 9.17) is 5.73 Å². The van der Waals surface area contributed by atoms with Gasteiger partial charge in [0.2, 0.25) is 0 Å². The maximum atomic E-state index is 11.4. The maximum absolute atomic E-state index is 11.4. The fraction of sp³-hybridized carbons (Fsp3) is 0.889. The fourth-order valence-electron chi connectivity index (χ4n) is 2.07. The van der Waals surface area contributed by atoms with Gasteiger partial charge >= 0.3 is 6.03 Å². The molecule has 74 valence electrons. The van der Waals surface area contributed by atoms with Crippen molar-refractivity contribution in [2.24, 2.45) is 11.7 Å². The Bertz CT molecular complexity index is 203. The molecule has 0 aromatic carbocycles. The highest BCUT2D eigenvalue weighted by molar-refractivity contribution is 5.77.